The normalized spacial score (nSPS) is 18.7. The number of benzene rings is 1. The number of amides is 1. The zero-order valence-corrected chi connectivity index (χ0v) is 20.5. The molecule has 0 spiro atoms. The number of thiophene rings is 1. The molecular formula is C26H32N4O3S. The van der Waals surface area contributed by atoms with Gasteiger partial charge in [0.2, 0.25) is 5.91 Å². The fourth-order valence-corrected chi connectivity index (χ4v) is 6.20. The fourth-order valence-electron chi connectivity index (χ4n) is 4.98. The zero-order chi connectivity index (χ0) is 23.5. The van der Waals surface area contributed by atoms with Gasteiger partial charge < -0.3 is 10.1 Å². The highest BCUT2D eigenvalue weighted by Crippen LogP contribution is 2.33. The molecule has 1 aromatic carbocycles. The molecule has 1 aliphatic carbocycles. The number of nitrogens with one attached hydrogen (secondary N) is 1. The van der Waals surface area contributed by atoms with E-state index in [-0.39, 0.29) is 24.0 Å². The second-order valence-corrected chi connectivity index (χ2v) is 10.5. The quantitative estimate of drug-likeness (QED) is 0.562. The summed E-state index contributed by atoms with van der Waals surface area (Å²) in [5.74, 6) is -0.0632. The maximum absolute atomic E-state index is 13.1. The Kier molecular flexibility index (Phi) is 7.08. The highest BCUT2D eigenvalue weighted by Gasteiger charge is 2.20. The number of ether oxygens (including phenoxy) is 1. The fraction of sp³-hybridized carbons (Fsp3) is 0.500. The summed E-state index contributed by atoms with van der Waals surface area (Å²) in [6.07, 6.45) is 6.43. The van der Waals surface area contributed by atoms with Crippen molar-refractivity contribution in [1.82, 2.24) is 19.8 Å². The first kappa shape index (κ1) is 23.2. The van der Waals surface area contributed by atoms with E-state index in [0.29, 0.717) is 13.1 Å². The van der Waals surface area contributed by atoms with Gasteiger partial charge in [-0.2, -0.15) is 0 Å². The van der Waals surface area contributed by atoms with E-state index in [2.05, 4.69) is 34.3 Å². The summed E-state index contributed by atoms with van der Waals surface area (Å²) in [5, 5.41) is 3.77. The summed E-state index contributed by atoms with van der Waals surface area (Å²) in [6.45, 7) is 6.48. The Balaban J connectivity index is 1.16. The number of aromatic nitrogens is 2. The number of carbonyl (C=O) groups excluding carboxylic acids is 1. The highest BCUT2D eigenvalue weighted by atomic mass is 32.1. The predicted molar refractivity (Wildman–Crippen MR) is 134 cm³/mol. The average molecular weight is 481 g/mol. The van der Waals surface area contributed by atoms with Gasteiger partial charge in [0.1, 0.15) is 4.83 Å². The number of aryl methyl sites for hydroxylation is 3. The van der Waals surface area contributed by atoms with Crippen molar-refractivity contribution in [2.24, 2.45) is 0 Å². The van der Waals surface area contributed by atoms with E-state index in [1.807, 2.05) is 12.1 Å². The van der Waals surface area contributed by atoms with Crippen LogP contribution in [0.2, 0.25) is 0 Å². The van der Waals surface area contributed by atoms with Crippen LogP contribution in [-0.4, -0.2) is 46.2 Å². The van der Waals surface area contributed by atoms with Crippen LogP contribution < -0.4 is 10.9 Å². The number of hydrogen-bond donors (Lipinski definition) is 1. The van der Waals surface area contributed by atoms with E-state index in [4.69, 9.17) is 4.74 Å². The summed E-state index contributed by atoms with van der Waals surface area (Å²) in [6, 6.07) is 8.36. The van der Waals surface area contributed by atoms with Crippen molar-refractivity contribution in [3.05, 3.63) is 62.5 Å². The van der Waals surface area contributed by atoms with Gasteiger partial charge in [0.15, 0.2) is 0 Å². The number of nitrogens with zero attached hydrogens (tertiary/aromatic N) is 3. The molecule has 3 aromatic rings. The van der Waals surface area contributed by atoms with Gasteiger partial charge in [0, 0.05) is 44.0 Å². The second kappa shape index (κ2) is 10.4. The van der Waals surface area contributed by atoms with Gasteiger partial charge >= 0.3 is 0 Å². The molecule has 7 nitrogen and oxygen atoms in total. The molecule has 1 N–H and O–H groups in total. The molecule has 0 radical (unpaired) electrons. The number of rotatable bonds is 7. The maximum atomic E-state index is 13.1. The van der Waals surface area contributed by atoms with E-state index in [0.717, 1.165) is 61.3 Å². The molecule has 0 bridgehead atoms. The lowest BCUT2D eigenvalue weighted by atomic mass is 9.97. The molecule has 1 fully saturated rings. The molecule has 1 amide bonds. The van der Waals surface area contributed by atoms with Crippen LogP contribution in [0.3, 0.4) is 0 Å². The standard InChI is InChI=1S/C26H32N4O3S/c1-18-15-29(11-12-33-18)16-20-6-4-5-19(13-20)14-27-23(31)9-10-30-17-28-25-24(26(30)32)21-7-2-3-8-22(21)34-25/h4-6,13,17-18H,2-3,7-12,14-16H2,1H3,(H,27,31). The van der Waals surface area contributed by atoms with Crippen LogP contribution in [0.25, 0.3) is 10.2 Å². The lowest BCUT2D eigenvalue weighted by Gasteiger charge is -2.31. The van der Waals surface area contributed by atoms with Crippen molar-refractivity contribution in [3.8, 4) is 0 Å². The van der Waals surface area contributed by atoms with Crippen molar-refractivity contribution in [2.75, 3.05) is 19.7 Å². The Morgan fingerprint density at radius 2 is 2.12 bits per heavy atom. The first-order valence-corrected chi connectivity index (χ1v) is 13.1. The van der Waals surface area contributed by atoms with E-state index in [1.54, 1.807) is 22.2 Å². The largest absolute Gasteiger partial charge is 0.376 e. The highest BCUT2D eigenvalue weighted by molar-refractivity contribution is 7.18. The van der Waals surface area contributed by atoms with Crippen LogP contribution in [-0.2, 0) is 42.0 Å². The van der Waals surface area contributed by atoms with Crippen molar-refractivity contribution >= 4 is 27.5 Å². The van der Waals surface area contributed by atoms with Crippen molar-refractivity contribution < 1.29 is 9.53 Å². The van der Waals surface area contributed by atoms with E-state index in [1.165, 1.54) is 22.4 Å². The number of fused-ring (bicyclic) bond motifs is 3. The van der Waals surface area contributed by atoms with Gasteiger partial charge in [-0.05, 0) is 49.3 Å². The van der Waals surface area contributed by atoms with E-state index in [9.17, 15) is 9.59 Å². The summed E-state index contributed by atoms with van der Waals surface area (Å²) in [4.78, 5) is 34.6. The molecule has 34 heavy (non-hydrogen) atoms. The van der Waals surface area contributed by atoms with Gasteiger partial charge in [0.25, 0.3) is 5.56 Å². The van der Waals surface area contributed by atoms with Crippen molar-refractivity contribution in [3.63, 3.8) is 0 Å². The molecule has 1 unspecified atom stereocenters. The zero-order valence-electron chi connectivity index (χ0n) is 19.7. The van der Waals surface area contributed by atoms with Gasteiger partial charge in [0.05, 0.1) is 24.4 Å². The molecule has 2 aliphatic rings. The number of morpholine rings is 1. The number of carbonyl (C=O) groups is 1. The lowest BCUT2D eigenvalue weighted by Crippen LogP contribution is -2.40. The van der Waals surface area contributed by atoms with E-state index < -0.39 is 0 Å². The molecule has 3 heterocycles. The lowest BCUT2D eigenvalue weighted by molar-refractivity contribution is -0.121. The molecule has 8 heteroatoms. The topological polar surface area (TPSA) is 76.5 Å². The molecule has 1 saturated heterocycles. The minimum Gasteiger partial charge on any atom is -0.376 e. The molecular weight excluding hydrogens is 448 g/mol. The Morgan fingerprint density at radius 3 is 3.00 bits per heavy atom. The summed E-state index contributed by atoms with van der Waals surface area (Å²) < 4.78 is 7.21. The van der Waals surface area contributed by atoms with Gasteiger partial charge in [-0.25, -0.2) is 4.98 Å². The molecule has 1 atom stereocenters. The maximum Gasteiger partial charge on any atom is 0.262 e. The summed E-state index contributed by atoms with van der Waals surface area (Å²) in [7, 11) is 0. The van der Waals surface area contributed by atoms with Crippen LogP contribution in [0, 0.1) is 0 Å². The Labute approximate surface area is 203 Å². The van der Waals surface area contributed by atoms with Crippen LogP contribution in [0.5, 0.6) is 0 Å². The SMILES string of the molecule is CC1CN(Cc2cccc(CNC(=O)CCn3cnc4sc5c(c4c3=O)CCCC5)c2)CCO1. The van der Waals surface area contributed by atoms with Crippen LogP contribution in [0.4, 0.5) is 0 Å². The second-order valence-electron chi connectivity index (χ2n) is 9.40. The van der Waals surface area contributed by atoms with Crippen molar-refractivity contribution in [1.29, 1.82) is 0 Å². The van der Waals surface area contributed by atoms with E-state index >= 15 is 0 Å². The van der Waals surface area contributed by atoms with Gasteiger partial charge in [-0.1, -0.05) is 24.3 Å². The molecule has 0 saturated carbocycles. The minimum atomic E-state index is -0.0632. The predicted octanol–water partition coefficient (Wildman–Crippen LogP) is 3.26. The Morgan fingerprint density at radius 1 is 1.26 bits per heavy atom. The third-order valence-corrected chi connectivity index (χ3v) is 7.93. The molecule has 180 valence electrons. The minimum absolute atomic E-state index is 0.0117. The molecule has 1 aliphatic heterocycles. The summed E-state index contributed by atoms with van der Waals surface area (Å²) >= 11 is 1.65. The third kappa shape index (κ3) is 5.24. The van der Waals surface area contributed by atoms with Gasteiger partial charge in [-0.3, -0.25) is 19.1 Å². The van der Waals surface area contributed by atoms with Crippen molar-refractivity contribution in [2.45, 2.75) is 64.8 Å². The first-order chi connectivity index (χ1) is 16.6. The monoisotopic (exact) mass is 480 g/mol. The molecule has 5 rings (SSSR count). The van der Waals surface area contributed by atoms with Gasteiger partial charge in [-0.15, -0.1) is 11.3 Å². The Bertz CT molecular complexity index is 1230. The first-order valence-electron chi connectivity index (χ1n) is 12.2. The van der Waals surface area contributed by atoms with Crippen LogP contribution in [0.15, 0.2) is 35.4 Å². The van der Waals surface area contributed by atoms with Crippen LogP contribution >= 0.6 is 11.3 Å². The smallest absolute Gasteiger partial charge is 0.262 e. The molecule has 2 aromatic heterocycles. The third-order valence-electron chi connectivity index (χ3n) is 6.73. The Hall–Kier alpha value is -2.55. The number of hydrogen-bond acceptors (Lipinski definition) is 6. The average Bonchev–Trinajstić information content (AvgIpc) is 3.22. The summed E-state index contributed by atoms with van der Waals surface area (Å²) in [5.41, 5.74) is 3.50. The van der Waals surface area contributed by atoms with Crippen LogP contribution in [0.1, 0.15) is 47.8 Å².